The maximum Gasteiger partial charge on any atom is 0.321 e. The second-order valence-corrected chi connectivity index (χ2v) is 4.75. The van der Waals surface area contributed by atoms with E-state index in [9.17, 15) is 19.7 Å². The molecule has 0 spiro atoms. The van der Waals surface area contributed by atoms with E-state index in [0.717, 1.165) is 12.8 Å². The van der Waals surface area contributed by atoms with Crippen molar-refractivity contribution >= 4 is 17.6 Å². The van der Waals surface area contributed by atoms with E-state index >= 15 is 0 Å². The molecule has 8 heteroatoms. The molecule has 1 saturated carbocycles. The lowest BCUT2D eigenvalue weighted by atomic mass is 10.3. The maximum absolute atomic E-state index is 11.7. The minimum Gasteiger partial charge on any atom is -0.481 e. The quantitative estimate of drug-likeness (QED) is 0.629. The van der Waals surface area contributed by atoms with Crippen molar-refractivity contribution in [2.75, 3.05) is 0 Å². The Morgan fingerprint density at radius 1 is 1.43 bits per heavy atom. The van der Waals surface area contributed by atoms with Gasteiger partial charge in [0.1, 0.15) is 5.75 Å². The minimum absolute atomic E-state index is 0.133. The second-order valence-electron chi connectivity index (χ2n) is 4.75. The number of nitrogens with one attached hydrogen (secondary N) is 2. The highest BCUT2D eigenvalue weighted by Crippen LogP contribution is 2.20. The van der Waals surface area contributed by atoms with Crippen LogP contribution in [0.25, 0.3) is 0 Å². The molecule has 1 aliphatic carbocycles. The van der Waals surface area contributed by atoms with Gasteiger partial charge in [-0.05, 0) is 25.8 Å². The van der Waals surface area contributed by atoms with Gasteiger partial charge in [-0.1, -0.05) is 6.07 Å². The molecule has 0 heterocycles. The van der Waals surface area contributed by atoms with E-state index in [4.69, 9.17) is 4.74 Å². The van der Waals surface area contributed by atoms with Gasteiger partial charge in [-0.3, -0.25) is 20.2 Å². The first-order valence-corrected chi connectivity index (χ1v) is 6.48. The number of imide groups is 1. The highest BCUT2D eigenvalue weighted by atomic mass is 16.6. The van der Waals surface area contributed by atoms with Gasteiger partial charge in [-0.15, -0.1) is 0 Å². The minimum atomic E-state index is -0.947. The van der Waals surface area contributed by atoms with E-state index in [1.165, 1.54) is 31.2 Å². The second kappa shape index (κ2) is 6.21. The molecule has 2 rings (SSSR count). The molecular weight excluding hydrogens is 278 g/mol. The van der Waals surface area contributed by atoms with Crippen LogP contribution in [0.3, 0.4) is 0 Å². The van der Waals surface area contributed by atoms with Gasteiger partial charge in [-0.25, -0.2) is 4.79 Å². The summed E-state index contributed by atoms with van der Waals surface area (Å²) in [6.45, 7) is 1.46. The molecule has 21 heavy (non-hydrogen) atoms. The summed E-state index contributed by atoms with van der Waals surface area (Å²) in [5, 5.41) is 15.4. The maximum atomic E-state index is 11.7. The van der Waals surface area contributed by atoms with Crippen molar-refractivity contribution in [1.82, 2.24) is 10.6 Å². The standard InChI is InChI=1S/C13H15N3O5/c1-8(12(17)15-13(18)14-9-5-6-9)21-11-4-2-3-10(7-11)16(19)20/h2-4,7-9H,5-6H2,1H3,(H2,14,15,17,18)/t8-/m0/s1. The Balaban J connectivity index is 1.88. The van der Waals surface area contributed by atoms with Crippen LogP contribution in [0.2, 0.25) is 0 Å². The van der Waals surface area contributed by atoms with Crippen molar-refractivity contribution in [3.05, 3.63) is 34.4 Å². The third-order valence-corrected chi connectivity index (χ3v) is 2.86. The summed E-state index contributed by atoms with van der Waals surface area (Å²) in [6.07, 6.45) is 0.889. The SMILES string of the molecule is C[C@H](Oc1cccc([N+](=O)[O-])c1)C(=O)NC(=O)NC1CC1. The number of ether oxygens (including phenoxy) is 1. The Labute approximate surface area is 120 Å². The number of benzene rings is 1. The van der Waals surface area contributed by atoms with Crippen LogP contribution in [-0.4, -0.2) is 29.0 Å². The van der Waals surface area contributed by atoms with Gasteiger partial charge in [0.15, 0.2) is 6.10 Å². The summed E-state index contributed by atoms with van der Waals surface area (Å²) in [4.78, 5) is 33.3. The van der Waals surface area contributed by atoms with Gasteiger partial charge in [0.2, 0.25) is 0 Å². The summed E-state index contributed by atoms with van der Waals surface area (Å²) in [5.41, 5.74) is -0.133. The average Bonchev–Trinajstić information content (AvgIpc) is 3.22. The Bertz CT molecular complexity index is 571. The van der Waals surface area contributed by atoms with Crippen molar-refractivity contribution in [3.8, 4) is 5.75 Å². The molecule has 1 atom stereocenters. The van der Waals surface area contributed by atoms with Crippen LogP contribution in [0.1, 0.15) is 19.8 Å². The van der Waals surface area contributed by atoms with Crippen LogP contribution in [-0.2, 0) is 4.79 Å². The number of urea groups is 1. The van der Waals surface area contributed by atoms with Gasteiger partial charge in [0.05, 0.1) is 11.0 Å². The topological polar surface area (TPSA) is 111 Å². The van der Waals surface area contributed by atoms with Crippen molar-refractivity contribution in [1.29, 1.82) is 0 Å². The van der Waals surface area contributed by atoms with Gasteiger partial charge >= 0.3 is 6.03 Å². The highest BCUT2D eigenvalue weighted by molar-refractivity contribution is 5.96. The number of carbonyl (C=O) groups is 2. The fourth-order valence-corrected chi connectivity index (χ4v) is 1.59. The molecule has 0 aromatic heterocycles. The van der Waals surface area contributed by atoms with Crippen LogP contribution in [0.5, 0.6) is 5.75 Å². The van der Waals surface area contributed by atoms with Crippen LogP contribution in [0.4, 0.5) is 10.5 Å². The third-order valence-electron chi connectivity index (χ3n) is 2.86. The zero-order chi connectivity index (χ0) is 15.4. The van der Waals surface area contributed by atoms with Crippen molar-refractivity contribution in [2.24, 2.45) is 0 Å². The monoisotopic (exact) mass is 293 g/mol. The van der Waals surface area contributed by atoms with Gasteiger partial charge in [0.25, 0.3) is 11.6 Å². The van der Waals surface area contributed by atoms with Crippen molar-refractivity contribution in [2.45, 2.75) is 31.9 Å². The van der Waals surface area contributed by atoms with E-state index < -0.39 is 23.0 Å². The van der Waals surface area contributed by atoms with Crippen molar-refractivity contribution < 1.29 is 19.2 Å². The molecule has 0 unspecified atom stereocenters. The normalized spacial score (nSPS) is 14.9. The zero-order valence-electron chi connectivity index (χ0n) is 11.4. The molecule has 3 amide bonds. The first-order chi connectivity index (χ1) is 9.95. The molecule has 2 N–H and O–H groups in total. The molecule has 1 aromatic rings. The first kappa shape index (κ1) is 14.8. The Kier molecular flexibility index (Phi) is 4.36. The molecule has 1 aromatic carbocycles. The third kappa shape index (κ3) is 4.44. The number of hydrogen-bond donors (Lipinski definition) is 2. The van der Waals surface area contributed by atoms with Crippen LogP contribution < -0.4 is 15.4 Å². The Hall–Kier alpha value is -2.64. The average molecular weight is 293 g/mol. The summed E-state index contributed by atoms with van der Waals surface area (Å²) < 4.78 is 5.29. The van der Waals surface area contributed by atoms with Gasteiger partial charge in [-0.2, -0.15) is 0 Å². The number of nitro groups is 1. The summed E-state index contributed by atoms with van der Waals surface area (Å²) in [6, 6.07) is 5.08. The Morgan fingerprint density at radius 3 is 2.76 bits per heavy atom. The first-order valence-electron chi connectivity index (χ1n) is 6.48. The van der Waals surface area contributed by atoms with Crippen LogP contribution >= 0.6 is 0 Å². The lowest BCUT2D eigenvalue weighted by molar-refractivity contribution is -0.384. The number of non-ortho nitro benzene ring substituents is 1. The smallest absolute Gasteiger partial charge is 0.321 e. The van der Waals surface area contributed by atoms with Crippen molar-refractivity contribution in [3.63, 3.8) is 0 Å². The summed E-state index contributed by atoms with van der Waals surface area (Å²) in [7, 11) is 0. The summed E-state index contributed by atoms with van der Waals surface area (Å²) >= 11 is 0. The zero-order valence-corrected chi connectivity index (χ0v) is 11.4. The number of nitrogens with zero attached hydrogens (tertiary/aromatic N) is 1. The van der Waals surface area contributed by atoms with Gasteiger partial charge in [0, 0.05) is 12.1 Å². The van der Waals surface area contributed by atoms with E-state index in [-0.39, 0.29) is 17.5 Å². The predicted molar refractivity (Wildman–Crippen MR) is 72.9 cm³/mol. The molecule has 8 nitrogen and oxygen atoms in total. The van der Waals surface area contributed by atoms with E-state index in [2.05, 4.69) is 10.6 Å². The van der Waals surface area contributed by atoms with E-state index in [1.807, 2.05) is 0 Å². The van der Waals surface area contributed by atoms with E-state index in [1.54, 1.807) is 0 Å². The molecule has 1 fully saturated rings. The predicted octanol–water partition coefficient (Wildman–Crippen LogP) is 1.35. The highest BCUT2D eigenvalue weighted by Gasteiger charge is 2.25. The number of carbonyl (C=O) groups excluding carboxylic acids is 2. The molecule has 0 aliphatic heterocycles. The Morgan fingerprint density at radius 2 is 2.14 bits per heavy atom. The summed E-state index contributed by atoms with van der Waals surface area (Å²) in [5.74, 6) is -0.422. The fourth-order valence-electron chi connectivity index (χ4n) is 1.59. The molecular formula is C13H15N3O5. The molecule has 0 bridgehead atoms. The lowest BCUT2D eigenvalue weighted by Crippen LogP contribution is -2.45. The van der Waals surface area contributed by atoms with Crippen LogP contribution in [0, 0.1) is 10.1 Å². The molecule has 0 radical (unpaired) electrons. The number of amides is 3. The van der Waals surface area contributed by atoms with Crippen LogP contribution in [0.15, 0.2) is 24.3 Å². The van der Waals surface area contributed by atoms with Gasteiger partial charge < -0.3 is 10.1 Å². The molecule has 112 valence electrons. The number of hydrogen-bond acceptors (Lipinski definition) is 5. The molecule has 0 saturated heterocycles. The lowest BCUT2D eigenvalue weighted by Gasteiger charge is -2.14. The van der Waals surface area contributed by atoms with E-state index in [0.29, 0.717) is 0 Å². The molecule has 1 aliphatic rings. The largest absolute Gasteiger partial charge is 0.481 e. The number of nitro benzene ring substituents is 1. The number of rotatable bonds is 5. The fraction of sp³-hybridized carbons (Fsp3) is 0.385.